The number of carbonyl (C=O) groups is 1. The molecular weight excluding hydrogens is 380 g/mol. The van der Waals surface area contributed by atoms with E-state index < -0.39 is 11.7 Å². The van der Waals surface area contributed by atoms with Crippen molar-refractivity contribution < 1.29 is 14.3 Å². The second kappa shape index (κ2) is 7.22. The van der Waals surface area contributed by atoms with Crippen molar-refractivity contribution >= 4 is 28.6 Å². The van der Waals surface area contributed by atoms with Crippen molar-refractivity contribution in [3.8, 4) is 11.1 Å². The highest BCUT2D eigenvalue weighted by molar-refractivity contribution is 6.34. The van der Waals surface area contributed by atoms with Crippen LogP contribution in [0.15, 0.2) is 30.9 Å². The molecular formula is C20H23ClN4O3. The van der Waals surface area contributed by atoms with E-state index in [0.717, 1.165) is 42.4 Å². The van der Waals surface area contributed by atoms with Gasteiger partial charge in [0.05, 0.1) is 11.7 Å². The van der Waals surface area contributed by atoms with Crippen LogP contribution in [-0.2, 0) is 9.47 Å². The number of pyridine rings is 1. The van der Waals surface area contributed by atoms with Crippen molar-refractivity contribution in [2.45, 2.75) is 51.9 Å². The van der Waals surface area contributed by atoms with E-state index in [1.165, 1.54) is 4.57 Å². The number of nitrogens with zero attached hydrogens (tertiary/aromatic N) is 4. The van der Waals surface area contributed by atoms with Crippen LogP contribution in [0.1, 0.15) is 46.3 Å². The van der Waals surface area contributed by atoms with Crippen LogP contribution < -0.4 is 0 Å². The highest BCUT2D eigenvalue weighted by atomic mass is 35.5. The standard InChI is InChI=1S/C20H23ClN4O3/c1-20(2,3)28-19(26)24-8-7-14-15(11-22-18(21)17(14)24)13-10-23-25(12-13)16-6-4-5-9-27-16/h7-8,10-12,16H,4-6,9H2,1-3H3. The summed E-state index contributed by atoms with van der Waals surface area (Å²) in [6, 6.07) is 1.84. The zero-order valence-corrected chi connectivity index (χ0v) is 16.9. The molecule has 4 rings (SSSR count). The zero-order chi connectivity index (χ0) is 19.9. The maximum absolute atomic E-state index is 12.6. The molecule has 0 spiro atoms. The smallest absolute Gasteiger partial charge is 0.419 e. The van der Waals surface area contributed by atoms with Gasteiger partial charge in [-0.1, -0.05) is 11.6 Å². The zero-order valence-electron chi connectivity index (χ0n) is 16.2. The number of ether oxygens (including phenoxy) is 2. The molecule has 0 amide bonds. The van der Waals surface area contributed by atoms with Crippen LogP contribution in [0.4, 0.5) is 4.79 Å². The predicted octanol–water partition coefficient (Wildman–Crippen LogP) is 5.04. The molecule has 1 atom stereocenters. The van der Waals surface area contributed by atoms with Gasteiger partial charge in [-0.3, -0.25) is 0 Å². The van der Waals surface area contributed by atoms with E-state index in [0.29, 0.717) is 5.52 Å². The maximum atomic E-state index is 12.6. The molecule has 1 saturated heterocycles. The Hall–Kier alpha value is -2.38. The largest absolute Gasteiger partial charge is 0.443 e. The average molecular weight is 403 g/mol. The van der Waals surface area contributed by atoms with Crippen LogP contribution in [0.25, 0.3) is 22.0 Å². The lowest BCUT2D eigenvalue weighted by Gasteiger charge is -2.22. The van der Waals surface area contributed by atoms with Gasteiger partial charge in [-0.25, -0.2) is 19.0 Å². The highest BCUT2D eigenvalue weighted by Gasteiger charge is 2.23. The summed E-state index contributed by atoms with van der Waals surface area (Å²) < 4.78 is 14.5. The van der Waals surface area contributed by atoms with Gasteiger partial charge in [0.2, 0.25) is 0 Å². The SMILES string of the molecule is CC(C)(C)OC(=O)n1ccc2c(-c3cnn(C4CCCCO4)c3)cnc(Cl)c21. The van der Waals surface area contributed by atoms with Crippen LogP contribution >= 0.6 is 11.6 Å². The number of carbonyl (C=O) groups excluding carboxylic acids is 1. The van der Waals surface area contributed by atoms with Crippen molar-refractivity contribution in [3.05, 3.63) is 36.0 Å². The third kappa shape index (κ3) is 3.64. The molecule has 3 aromatic heterocycles. The summed E-state index contributed by atoms with van der Waals surface area (Å²) in [5.74, 6) is 0. The summed E-state index contributed by atoms with van der Waals surface area (Å²) in [5.41, 5.74) is 1.66. The Balaban J connectivity index is 1.72. The van der Waals surface area contributed by atoms with E-state index in [1.54, 1.807) is 18.6 Å². The first-order valence-electron chi connectivity index (χ1n) is 9.38. The van der Waals surface area contributed by atoms with Gasteiger partial charge in [-0.05, 0) is 46.1 Å². The van der Waals surface area contributed by atoms with Gasteiger partial charge < -0.3 is 9.47 Å². The lowest BCUT2D eigenvalue weighted by atomic mass is 10.1. The normalized spacial score (nSPS) is 17.8. The Morgan fingerprint density at radius 3 is 2.86 bits per heavy atom. The fraction of sp³-hybridized carbons (Fsp3) is 0.450. The molecule has 1 unspecified atom stereocenters. The quantitative estimate of drug-likeness (QED) is 0.562. The van der Waals surface area contributed by atoms with Crippen LogP contribution in [0.5, 0.6) is 0 Å². The molecule has 0 aromatic carbocycles. The minimum absolute atomic E-state index is 0.0374. The van der Waals surface area contributed by atoms with Crippen molar-refractivity contribution in [2.24, 2.45) is 0 Å². The molecule has 0 aliphatic carbocycles. The minimum atomic E-state index is -0.605. The molecule has 28 heavy (non-hydrogen) atoms. The van der Waals surface area contributed by atoms with Crippen molar-refractivity contribution in [1.29, 1.82) is 0 Å². The number of rotatable bonds is 2. The molecule has 3 aromatic rings. The summed E-state index contributed by atoms with van der Waals surface area (Å²) in [5, 5.41) is 5.53. The Morgan fingerprint density at radius 1 is 1.32 bits per heavy atom. The first-order valence-corrected chi connectivity index (χ1v) is 9.76. The average Bonchev–Trinajstić information content (AvgIpc) is 3.29. The summed E-state index contributed by atoms with van der Waals surface area (Å²) in [7, 11) is 0. The Morgan fingerprint density at radius 2 is 2.14 bits per heavy atom. The first kappa shape index (κ1) is 19.0. The van der Waals surface area contributed by atoms with Gasteiger partial charge >= 0.3 is 6.09 Å². The minimum Gasteiger partial charge on any atom is -0.443 e. The summed E-state index contributed by atoms with van der Waals surface area (Å²) in [4.78, 5) is 16.9. The number of hydrogen-bond acceptors (Lipinski definition) is 5. The fourth-order valence-electron chi connectivity index (χ4n) is 3.37. The molecule has 8 heteroatoms. The summed E-state index contributed by atoms with van der Waals surface area (Å²) >= 11 is 6.32. The molecule has 0 N–H and O–H groups in total. The maximum Gasteiger partial charge on any atom is 0.419 e. The Bertz CT molecular complexity index is 1010. The monoisotopic (exact) mass is 402 g/mol. The number of halogens is 1. The molecule has 7 nitrogen and oxygen atoms in total. The van der Waals surface area contributed by atoms with E-state index in [4.69, 9.17) is 21.1 Å². The van der Waals surface area contributed by atoms with Gasteiger partial charge in [0.1, 0.15) is 11.8 Å². The lowest BCUT2D eigenvalue weighted by Crippen LogP contribution is -2.26. The van der Waals surface area contributed by atoms with E-state index in [-0.39, 0.29) is 11.4 Å². The van der Waals surface area contributed by atoms with E-state index in [9.17, 15) is 4.79 Å². The second-order valence-electron chi connectivity index (χ2n) is 7.92. The Labute approximate surface area is 168 Å². The molecule has 0 saturated carbocycles. The van der Waals surface area contributed by atoms with Gasteiger partial charge in [0.15, 0.2) is 5.15 Å². The van der Waals surface area contributed by atoms with E-state index in [2.05, 4.69) is 10.1 Å². The number of aromatic nitrogens is 4. The van der Waals surface area contributed by atoms with Gasteiger partial charge in [-0.15, -0.1) is 0 Å². The topological polar surface area (TPSA) is 71.2 Å². The predicted molar refractivity (Wildman–Crippen MR) is 106 cm³/mol. The van der Waals surface area contributed by atoms with Crippen LogP contribution in [-0.4, -0.2) is 37.6 Å². The summed E-state index contributed by atoms with van der Waals surface area (Å²) in [6.45, 7) is 6.22. The van der Waals surface area contributed by atoms with Gasteiger partial charge in [-0.2, -0.15) is 5.10 Å². The molecule has 1 aliphatic heterocycles. The van der Waals surface area contributed by atoms with E-state index in [1.807, 2.05) is 37.7 Å². The molecule has 4 heterocycles. The van der Waals surface area contributed by atoms with E-state index >= 15 is 0 Å². The van der Waals surface area contributed by atoms with Gasteiger partial charge in [0.25, 0.3) is 0 Å². The first-order chi connectivity index (χ1) is 13.3. The van der Waals surface area contributed by atoms with Crippen LogP contribution in [0, 0.1) is 0 Å². The molecule has 1 aliphatic rings. The number of fused-ring (bicyclic) bond motifs is 1. The van der Waals surface area contributed by atoms with Gasteiger partial charge in [0, 0.05) is 41.7 Å². The molecule has 0 bridgehead atoms. The van der Waals surface area contributed by atoms with Crippen molar-refractivity contribution in [2.75, 3.05) is 6.61 Å². The second-order valence-corrected chi connectivity index (χ2v) is 8.28. The lowest BCUT2D eigenvalue weighted by molar-refractivity contribution is -0.0394. The molecule has 0 radical (unpaired) electrons. The molecule has 1 fully saturated rings. The molecule has 148 valence electrons. The van der Waals surface area contributed by atoms with Crippen LogP contribution in [0.3, 0.4) is 0 Å². The third-order valence-electron chi connectivity index (χ3n) is 4.63. The number of hydrogen-bond donors (Lipinski definition) is 0. The highest BCUT2D eigenvalue weighted by Crippen LogP contribution is 2.33. The summed E-state index contributed by atoms with van der Waals surface area (Å²) in [6.07, 6.45) is 9.73. The Kier molecular flexibility index (Phi) is 4.89. The third-order valence-corrected chi connectivity index (χ3v) is 4.91. The van der Waals surface area contributed by atoms with Crippen molar-refractivity contribution in [1.82, 2.24) is 19.3 Å². The fourth-order valence-corrected chi connectivity index (χ4v) is 3.61. The van der Waals surface area contributed by atoms with Crippen molar-refractivity contribution in [3.63, 3.8) is 0 Å². The van der Waals surface area contributed by atoms with Crippen LogP contribution in [0.2, 0.25) is 5.15 Å².